The highest BCUT2D eigenvalue weighted by Gasteiger charge is 3.02. The van der Waals surface area contributed by atoms with Crippen LogP contribution >= 0.6 is 0 Å². The van der Waals surface area contributed by atoms with Crippen LogP contribution in [0.15, 0.2) is 12.2 Å². The Morgan fingerprint density at radius 1 is 1.19 bits per heavy atom. The van der Waals surface area contributed by atoms with Crippen molar-refractivity contribution in [2.24, 2.45) is 5.41 Å². The molecule has 6 unspecified atom stereocenters. The second kappa shape index (κ2) is 6.74. The minimum absolute atomic E-state index is 0.0790. The second-order valence-electron chi connectivity index (χ2n) is 8.08. The Morgan fingerprint density at radius 2 is 1.90 bits per heavy atom. The van der Waals surface area contributed by atoms with E-state index in [2.05, 4.69) is 6.58 Å². The number of carbonyl (C=O) groups is 4. The maximum absolute atomic E-state index is 12.4. The SMILES string of the molecule is C=C(C)C(=O)OCC(=O)OC1C2(COC(C)=O)CC3C4(O2)C(OS3(=O)=O)C14COC=O. The predicted octanol–water partition coefficient (Wildman–Crippen LogP) is -1.24. The Morgan fingerprint density at radius 3 is 2.52 bits per heavy atom. The van der Waals surface area contributed by atoms with Crippen molar-refractivity contribution < 1.29 is 55.5 Å². The van der Waals surface area contributed by atoms with Crippen LogP contribution < -0.4 is 0 Å². The molecule has 170 valence electrons. The monoisotopic (exact) mass is 460 g/mol. The maximum atomic E-state index is 12.4. The molecule has 3 heterocycles. The Balaban J connectivity index is 1.64. The summed E-state index contributed by atoms with van der Waals surface area (Å²) < 4.78 is 56.5. The first-order valence-electron chi connectivity index (χ1n) is 9.30. The molecule has 1 saturated carbocycles. The van der Waals surface area contributed by atoms with E-state index in [-0.39, 0.29) is 25.1 Å². The lowest BCUT2D eigenvalue weighted by atomic mass is 9.77. The number of hydrogen-bond acceptors (Lipinski definition) is 12. The third-order valence-electron chi connectivity index (χ3n) is 6.24. The van der Waals surface area contributed by atoms with Crippen LogP contribution in [0.2, 0.25) is 0 Å². The van der Waals surface area contributed by atoms with Crippen molar-refractivity contribution in [2.45, 2.75) is 48.9 Å². The molecule has 4 aliphatic rings. The minimum Gasteiger partial charge on any atom is -0.467 e. The molecule has 1 aliphatic carbocycles. The molecule has 3 aliphatic heterocycles. The number of fused-ring (bicyclic) bond motifs is 2. The van der Waals surface area contributed by atoms with E-state index >= 15 is 0 Å². The molecule has 4 fully saturated rings. The number of carbonyl (C=O) groups excluding carboxylic acids is 4. The van der Waals surface area contributed by atoms with Crippen molar-refractivity contribution in [3.63, 3.8) is 0 Å². The smallest absolute Gasteiger partial charge is 0.344 e. The summed E-state index contributed by atoms with van der Waals surface area (Å²) >= 11 is 0. The molecule has 0 aromatic rings. The van der Waals surface area contributed by atoms with E-state index in [9.17, 15) is 27.6 Å². The first-order valence-corrected chi connectivity index (χ1v) is 10.8. The van der Waals surface area contributed by atoms with Crippen LogP contribution in [0.5, 0.6) is 0 Å². The number of esters is 3. The molecule has 6 atom stereocenters. The van der Waals surface area contributed by atoms with Crippen LogP contribution in [0.1, 0.15) is 20.3 Å². The lowest BCUT2D eigenvalue weighted by Crippen LogP contribution is -2.57. The van der Waals surface area contributed by atoms with Gasteiger partial charge in [-0.3, -0.25) is 13.8 Å². The van der Waals surface area contributed by atoms with Crippen molar-refractivity contribution in [1.82, 2.24) is 0 Å². The number of rotatable bonds is 9. The predicted molar refractivity (Wildman–Crippen MR) is 95.5 cm³/mol. The minimum atomic E-state index is -3.99. The fraction of sp³-hybridized carbons (Fsp3) is 0.667. The Labute approximate surface area is 176 Å². The number of hydrogen-bond donors (Lipinski definition) is 0. The van der Waals surface area contributed by atoms with E-state index in [1.54, 1.807) is 0 Å². The molecule has 0 N–H and O–H groups in total. The summed E-state index contributed by atoms with van der Waals surface area (Å²) in [5.41, 5.74) is -4.13. The Bertz CT molecular complexity index is 987. The molecular formula is C18H20O12S. The number of ether oxygens (including phenoxy) is 5. The van der Waals surface area contributed by atoms with Crippen molar-refractivity contribution in [3.05, 3.63) is 12.2 Å². The third-order valence-corrected chi connectivity index (χ3v) is 7.91. The van der Waals surface area contributed by atoms with Gasteiger partial charge in [0, 0.05) is 18.9 Å². The van der Waals surface area contributed by atoms with Gasteiger partial charge < -0.3 is 23.7 Å². The molecule has 1 spiro atoms. The van der Waals surface area contributed by atoms with E-state index < -0.39 is 75.3 Å². The van der Waals surface area contributed by atoms with Gasteiger partial charge in [-0.25, -0.2) is 9.59 Å². The van der Waals surface area contributed by atoms with Crippen LogP contribution in [0.25, 0.3) is 0 Å². The lowest BCUT2D eigenvalue weighted by molar-refractivity contribution is -0.188. The standard InChI is InChI=1S/C18H20O12S/c1-9(2)13(22)26-5-12(21)28-14-16(6-27-10(3)20)4-11-18(30-16)15(29-31(11,23)24)17(14,18)7-25-8-19/h8,11,14-15H,1,4-7H2,2-3H3. The zero-order valence-corrected chi connectivity index (χ0v) is 17.5. The quantitative estimate of drug-likeness (QED) is 0.133. The van der Waals surface area contributed by atoms with E-state index in [1.807, 2.05) is 0 Å². The van der Waals surface area contributed by atoms with E-state index in [0.717, 1.165) is 6.92 Å². The summed E-state index contributed by atoms with van der Waals surface area (Å²) in [7, 11) is -3.99. The van der Waals surface area contributed by atoms with E-state index in [0.29, 0.717) is 0 Å². The highest BCUT2D eigenvalue weighted by Crippen LogP contribution is 2.82. The molecule has 0 amide bonds. The summed E-state index contributed by atoms with van der Waals surface area (Å²) in [4.78, 5) is 46.2. The van der Waals surface area contributed by atoms with Gasteiger partial charge in [-0.2, -0.15) is 8.42 Å². The molecule has 2 bridgehead atoms. The zero-order chi connectivity index (χ0) is 22.8. The Hall–Kier alpha value is -2.51. The first-order chi connectivity index (χ1) is 14.5. The molecule has 12 nitrogen and oxygen atoms in total. The topological polar surface area (TPSA) is 158 Å². The van der Waals surface area contributed by atoms with Crippen LogP contribution in [-0.2, 0) is 57.2 Å². The molecule has 0 radical (unpaired) electrons. The molecule has 31 heavy (non-hydrogen) atoms. The summed E-state index contributed by atoms with van der Waals surface area (Å²) in [5.74, 6) is -2.40. The molecule has 13 heteroatoms. The summed E-state index contributed by atoms with van der Waals surface area (Å²) in [5, 5.41) is -1.10. The van der Waals surface area contributed by atoms with Gasteiger partial charge in [0.2, 0.25) is 0 Å². The van der Waals surface area contributed by atoms with Gasteiger partial charge in [-0.05, 0) is 6.92 Å². The van der Waals surface area contributed by atoms with Crippen LogP contribution in [0, 0.1) is 5.41 Å². The second-order valence-corrected chi connectivity index (χ2v) is 9.82. The van der Waals surface area contributed by atoms with Gasteiger partial charge in [0.15, 0.2) is 6.61 Å². The first kappa shape index (κ1) is 21.7. The van der Waals surface area contributed by atoms with Gasteiger partial charge in [0.05, 0.1) is 0 Å². The van der Waals surface area contributed by atoms with Gasteiger partial charge in [0.1, 0.15) is 47.3 Å². The summed E-state index contributed by atoms with van der Waals surface area (Å²) in [6.07, 6.45) is -2.39. The van der Waals surface area contributed by atoms with Crippen molar-refractivity contribution in [2.75, 3.05) is 19.8 Å². The fourth-order valence-corrected chi connectivity index (χ4v) is 7.16. The van der Waals surface area contributed by atoms with Crippen LogP contribution in [-0.4, -0.2) is 81.3 Å². The van der Waals surface area contributed by atoms with Crippen molar-refractivity contribution >= 4 is 34.5 Å². The van der Waals surface area contributed by atoms with Crippen LogP contribution in [0.3, 0.4) is 0 Å². The molecule has 0 aromatic carbocycles. The van der Waals surface area contributed by atoms with E-state index in [1.165, 1.54) is 6.92 Å². The third kappa shape index (κ3) is 2.76. The lowest BCUT2D eigenvalue weighted by Gasteiger charge is -2.39. The van der Waals surface area contributed by atoms with Crippen LogP contribution in [0.4, 0.5) is 0 Å². The fourth-order valence-electron chi connectivity index (χ4n) is 5.14. The molecular weight excluding hydrogens is 440 g/mol. The van der Waals surface area contributed by atoms with Crippen molar-refractivity contribution in [1.29, 1.82) is 0 Å². The van der Waals surface area contributed by atoms with Gasteiger partial charge in [-0.1, -0.05) is 6.58 Å². The highest BCUT2D eigenvalue weighted by molar-refractivity contribution is 7.87. The summed E-state index contributed by atoms with van der Waals surface area (Å²) in [6.45, 7) is 4.65. The Kier molecular flexibility index (Phi) is 4.72. The summed E-state index contributed by atoms with van der Waals surface area (Å²) in [6, 6.07) is 0. The molecule has 3 saturated heterocycles. The van der Waals surface area contributed by atoms with E-state index in [4.69, 9.17) is 27.9 Å². The molecule has 0 aromatic heterocycles. The average Bonchev–Trinajstić information content (AvgIpc) is 2.95. The normalized spacial score (nSPS) is 39.9. The average molecular weight is 460 g/mol. The molecule has 4 rings (SSSR count). The highest BCUT2D eigenvalue weighted by atomic mass is 32.2. The van der Waals surface area contributed by atoms with Gasteiger partial charge in [-0.15, -0.1) is 0 Å². The largest absolute Gasteiger partial charge is 0.467 e. The zero-order valence-electron chi connectivity index (χ0n) is 16.7. The van der Waals surface area contributed by atoms with Gasteiger partial charge in [0.25, 0.3) is 16.6 Å². The van der Waals surface area contributed by atoms with Gasteiger partial charge >= 0.3 is 17.9 Å². The van der Waals surface area contributed by atoms with Crippen molar-refractivity contribution in [3.8, 4) is 0 Å². The maximum Gasteiger partial charge on any atom is 0.344 e.